The number of β-amino-alcohol motifs (C(OH)–C–C–N with tert-alkyl or cyclic N) is 1. The molecule has 9 nitrogen and oxygen atoms in total. The van der Waals surface area contributed by atoms with Crippen molar-refractivity contribution in [3.05, 3.63) is 71.4 Å². The molecule has 198 valence electrons. The van der Waals surface area contributed by atoms with E-state index in [1.165, 1.54) is 0 Å². The van der Waals surface area contributed by atoms with E-state index in [-0.39, 0.29) is 24.3 Å². The second-order valence-electron chi connectivity index (χ2n) is 10.8. The maximum Gasteiger partial charge on any atom is 0.277 e. The molecule has 1 saturated heterocycles. The zero-order chi connectivity index (χ0) is 27.2. The minimum absolute atomic E-state index is 0.0550. The van der Waals surface area contributed by atoms with E-state index < -0.39 is 23.6 Å². The number of amides is 2. The molecule has 9 heteroatoms. The number of pyridine rings is 1. The Morgan fingerprint density at radius 1 is 1.21 bits per heavy atom. The number of hydrogen-bond donors (Lipinski definition) is 2. The van der Waals surface area contributed by atoms with Crippen LogP contribution in [0.5, 0.6) is 0 Å². The molecule has 2 aromatic heterocycles. The molecule has 2 N–H and O–H groups in total. The van der Waals surface area contributed by atoms with Crippen molar-refractivity contribution in [3.63, 3.8) is 0 Å². The Bertz CT molecular complexity index is 1400. The average molecular weight is 516 g/mol. The number of carbonyl (C=O) groups is 2. The minimum Gasteiger partial charge on any atom is -0.391 e. The van der Waals surface area contributed by atoms with E-state index in [9.17, 15) is 14.7 Å². The molecule has 1 fully saturated rings. The van der Waals surface area contributed by atoms with Crippen LogP contribution in [0.2, 0.25) is 0 Å². The summed E-state index contributed by atoms with van der Waals surface area (Å²) >= 11 is 0. The Morgan fingerprint density at radius 2 is 1.95 bits per heavy atom. The quantitative estimate of drug-likeness (QED) is 0.515. The van der Waals surface area contributed by atoms with E-state index >= 15 is 0 Å². The zero-order valence-electron chi connectivity index (χ0n) is 22.3. The molecule has 2 aliphatic rings. The smallest absolute Gasteiger partial charge is 0.277 e. The molecule has 3 aromatic rings. The van der Waals surface area contributed by atoms with E-state index in [0.29, 0.717) is 23.7 Å². The molecule has 0 radical (unpaired) electrons. The third-order valence-corrected chi connectivity index (χ3v) is 7.57. The SMILES string of the molecule is Cc1cc(C(C(=O)N2C[C@H](O)C[C@@H]2C2=NC(=O)[C@@](C)(c3ccc(-c4cccnc4C)cc3)N2)C(C)C)on1. The molecule has 0 aliphatic carbocycles. The Labute approximate surface area is 222 Å². The minimum atomic E-state index is -1.08. The summed E-state index contributed by atoms with van der Waals surface area (Å²) in [5, 5.41) is 17.8. The second kappa shape index (κ2) is 9.79. The number of likely N-dealkylation sites (tertiary alicyclic amines) is 1. The largest absolute Gasteiger partial charge is 0.391 e. The number of benzene rings is 1. The summed E-state index contributed by atoms with van der Waals surface area (Å²) in [5.41, 5.74) is 3.34. The van der Waals surface area contributed by atoms with Crippen LogP contribution >= 0.6 is 0 Å². The predicted octanol–water partition coefficient (Wildman–Crippen LogP) is 3.50. The lowest BCUT2D eigenvalue weighted by Crippen LogP contribution is -2.51. The van der Waals surface area contributed by atoms with Gasteiger partial charge in [-0.3, -0.25) is 14.6 Å². The predicted molar refractivity (Wildman–Crippen MR) is 142 cm³/mol. The van der Waals surface area contributed by atoms with Crippen LogP contribution < -0.4 is 5.32 Å². The molecule has 2 aliphatic heterocycles. The van der Waals surface area contributed by atoms with Gasteiger partial charge in [0.25, 0.3) is 5.91 Å². The molecular formula is C29H33N5O4. The molecule has 4 atom stereocenters. The van der Waals surface area contributed by atoms with Crippen molar-refractivity contribution in [2.24, 2.45) is 10.9 Å². The number of nitrogens with zero attached hydrogens (tertiary/aromatic N) is 4. The van der Waals surface area contributed by atoms with Crippen molar-refractivity contribution in [2.45, 2.75) is 64.6 Å². The highest BCUT2D eigenvalue weighted by Crippen LogP contribution is 2.34. The van der Waals surface area contributed by atoms with Gasteiger partial charge in [-0.1, -0.05) is 49.3 Å². The van der Waals surface area contributed by atoms with Crippen LogP contribution in [0.1, 0.15) is 55.8 Å². The van der Waals surface area contributed by atoms with Gasteiger partial charge in [-0.15, -0.1) is 0 Å². The van der Waals surface area contributed by atoms with Crippen molar-refractivity contribution in [2.75, 3.05) is 6.54 Å². The molecule has 0 saturated carbocycles. The lowest BCUT2D eigenvalue weighted by molar-refractivity contribution is -0.134. The fourth-order valence-electron chi connectivity index (χ4n) is 5.45. The van der Waals surface area contributed by atoms with E-state index in [0.717, 1.165) is 22.4 Å². The van der Waals surface area contributed by atoms with Crippen molar-refractivity contribution >= 4 is 17.6 Å². The maximum absolute atomic E-state index is 13.8. The summed E-state index contributed by atoms with van der Waals surface area (Å²) < 4.78 is 5.45. The van der Waals surface area contributed by atoms with Crippen LogP contribution in [0.3, 0.4) is 0 Å². The highest BCUT2D eigenvalue weighted by Gasteiger charge is 2.48. The number of aliphatic hydroxyl groups excluding tert-OH is 1. The molecule has 1 aromatic carbocycles. The number of aliphatic imine (C=N–C) groups is 1. The molecule has 0 spiro atoms. The Hall–Kier alpha value is -3.85. The Morgan fingerprint density at radius 3 is 2.58 bits per heavy atom. The number of carbonyl (C=O) groups excluding carboxylic acids is 2. The summed E-state index contributed by atoms with van der Waals surface area (Å²) in [7, 11) is 0. The number of rotatable bonds is 6. The van der Waals surface area contributed by atoms with Crippen molar-refractivity contribution in [1.82, 2.24) is 20.4 Å². The maximum atomic E-state index is 13.8. The average Bonchev–Trinajstić information content (AvgIpc) is 3.57. The Kier molecular flexibility index (Phi) is 6.65. The van der Waals surface area contributed by atoms with Crippen LogP contribution in [-0.2, 0) is 15.1 Å². The number of nitrogens with one attached hydrogen (secondary N) is 1. The highest BCUT2D eigenvalue weighted by atomic mass is 16.5. The van der Waals surface area contributed by atoms with Gasteiger partial charge in [0.15, 0.2) is 0 Å². The number of aryl methyl sites for hydroxylation is 2. The molecule has 1 unspecified atom stereocenters. The van der Waals surface area contributed by atoms with Crippen LogP contribution in [-0.4, -0.2) is 56.5 Å². The molecule has 0 bridgehead atoms. The summed E-state index contributed by atoms with van der Waals surface area (Å²) in [6, 6.07) is 12.9. The zero-order valence-corrected chi connectivity index (χ0v) is 22.3. The van der Waals surface area contributed by atoms with Crippen LogP contribution in [0.15, 0.2) is 58.2 Å². The number of aliphatic hydroxyl groups is 1. The van der Waals surface area contributed by atoms with Crippen LogP contribution in [0.4, 0.5) is 0 Å². The first kappa shape index (κ1) is 25.8. The number of aromatic nitrogens is 2. The van der Waals surface area contributed by atoms with Crippen molar-refractivity contribution in [3.8, 4) is 11.1 Å². The summed E-state index contributed by atoms with van der Waals surface area (Å²) in [6.45, 7) is 9.62. The second-order valence-corrected chi connectivity index (χ2v) is 10.8. The van der Waals surface area contributed by atoms with Crippen molar-refractivity contribution in [1.29, 1.82) is 0 Å². The molecule has 2 amide bonds. The van der Waals surface area contributed by atoms with Gasteiger partial charge in [0.2, 0.25) is 5.91 Å². The van der Waals surface area contributed by atoms with Gasteiger partial charge >= 0.3 is 0 Å². The Balaban J connectivity index is 1.39. The first-order valence-electron chi connectivity index (χ1n) is 12.9. The first-order valence-corrected chi connectivity index (χ1v) is 12.9. The summed E-state index contributed by atoms with van der Waals surface area (Å²) in [4.78, 5) is 37.4. The topological polar surface area (TPSA) is 121 Å². The molecule has 38 heavy (non-hydrogen) atoms. The fraction of sp³-hybridized carbons (Fsp3) is 0.414. The number of hydrogen-bond acceptors (Lipinski definition) is 7. The first-order chi connectivity index (χ1) is 18.1. The fourth-order valence-corrected chi connectivity index (χ4v) is 5.45. The molecular weight excluding hydrogens is 482 g/mol. The van der Waals surface area contributed by atoms with Crippen LogP contribution in [0, 0.1) is 19.8 Å². The van der Waals surface area contributed by atoms with Gasteiger partial charge in [0.1, 0.15) is 23.1 Å². The summed E-state index contributed by atoms with van der Waals surface area (Å²) in [6.07, 6.45) is 1.33. The van der Waals surface area contributed by atoms with E-state index in [1.807, 2.05) is 64.1 Å². The van der Waals surface area contributed by atoms with Crippen molar-refractivity contribution < 1.29 is 19.2 Å². The normalized spacial score (nSPS) is 24.0. The van der Waals surface area contributed by atoms with Gasteiger partial charge < -0.3 is 19.8 Å². The highest BCUT2D eigenvalue weighted by molar-refractivity contribution is 6.09. The molecule has 4 heterocycles. The third-order valence-electron chi connectivity index (χ3n) is 7.57. The van der Waals surface area contributed by atoms with Crippen LogP contribution in [0.25, 0.3) is 11.1 Å². The van der Waals surface area contributed by atoms with Gasteiger partial charge in [0.05, 0.1) is 17.8 Å². The molecule has 5 rings (SSSR count). The number of amidine groups is 1. The lowest BCUT2D eigenvalue weighted by atomic mass is 9.90. The standard InChI is InChI=1S/C29H33N5O4/c1-16(2)25(24-13-17(3)33-38-24)27(36)34-15-21(35)14-23(34)26-31-28(37)29(5,32-26)20-10-8-19(9-11-20)22-7-6-12-30-18(22)4/h6-13,16,21,23,25,35H,14-15H2,1-5H3,(H,31,32,37)/t21-,23-,25?,29-/m1/s1. The van der Waals surface area contributed by atoms with E-state index in [1.54, 1.807) is 24.1 Å². The lowest BCUT2D eigenvalue weighted by Gasteiger charge is -2.31. The third kappa shape index (κ3) is 4.51. The summed E-state index contributed by atoms with van der Waals surface area (Å²) in [5.74, 6) is -0.242. The van der Waals surface area contributed by atoms with Gasteiger partial charge in [-0.2, -0.15) is 4.99 Å². The van der Waals surface area contributed by atoms with E-state index in [4.69, 9.17) is 4.52 Å². The van der Waals surface area contributed by atoms with Gasteiger partial charge in [-0.05, 0) is 43.9 Å². The monoisotopic (exact) mass is 515 g/mol. The van der Waals surface area contributed by atoms with E-state index in [2.05, 4.69) is 20.4 Å². The van der Waals surface area contributed by atoms with Gasteiger partial charge in [-0.25, -0.2) is 0 Å². The van der Waals surface area contributed by atoms with Gasteiger partial charge in [0, 0.05) is 36.5 Å².